The number of nitrogens with zero attached hydrogens (tertiary/aromatic N) is 1. The van der Waals surface area contributed by atoms with Gasteiger partial charge in [-0.25, -0.2) is 0 Å². The molecule has 1 aliphatic carbocycles. The minimum absolute atomic E-state index is 0.578. The van der Waals surface area contributed by atoms with E-state index in [0.717, 1.165) is 35.0 Å². The molecule has 1 aliphatic rings. The average Bonchev–Trinajstić information content (AvgIpc) is 2.85. The van der Waals surface area contributed by atoms with Crippen molar-refractivity contribution in [1.82, 2.24) is 4.98 Å². The molecule has 0 fully saturated rings. The molecule has 0 aliphatic heterocycles. The van der Waals surface area contributed by atoms with Gasteiger partial charge in [-0.15, -0.1) is 0 Å². The zero-order valence-corrected chi connectivity index (χ0v) is 11.8. The van der Waals surface area contributed by atoms with Crippen LogP contribution in [0.4, 0.5) is 0 Å². The van der Waals surface area contributed by atoms with Crippen LogP contribution < -0.4 is 0 Å². The first-order valence-electron chi connectivity index (χ1n) is 7.40. The van der Waals surface area contributed by atoms with E-state index in [-0.39, 0.29) is 0 Å². The minimum Gasteiger partial charge on any atom is -0.385 e. The van der Waals surface area contributed by atoms with Gasteiger partial charge in [0.2, 0.25) is 0 Å². The first-order chi connectivity index (χ1) is 10.2. The highest BCUT2D eigenvalue weighted by atomic mass is 16.3. The number of aryl methyl sites for hydroxylation is 1. The van der Waals surface area contributed by atoms with Crippen LogP contribution in [-0.2, 0) is 18.4 Å². The van der Waals surface area contributed by atoms with Gasteiger partial charge in [-0.1, -0.05) is 48.5 Å². The fourth-order valence-corrected chi connectivity index (χ4v) is 3.36. The van der Waals surface area contributed by atoms with Gasteiger partial charge < -0.3 is 5.11 Å². The summed E-state index contributed by atoms with van der Waals surface area (Å²) < 4.78 is 0. The summed E-state index contributed by atoms with van der Waals surface area (Å²) in [5.74, 6) is 0. The second-order valence-corrected chi connectivity index (χ2v) is 5.86. The molecule has 2 aromatic carbocycles. The number of hydrogen-bond acceptors (Lipinski definition) is 2. The molecule has 3 aromatic rings. The van der Waals surface area contributed by atoms with E-state index >= 15 is 0 Å². The van der Waals surface area contributed by atoms with Crippen molar-refractivity contribution in [2.75, 3.05) is 0 Å². The third-order valence-electron chi connectivity index (χ3n) is 4.46. The highest BCUT2D eigenvalue weighted by Gasteiger charge is 2.36. The van der Waals surface area contributed by atoms with Crippen molar-refractivity contribution in [3.05, 3.63) is 77.5 Å². The quantitative estimate of drug-likeness (QED) is 0.775. The third kappa shape index (κ3) is 2.12. The smallest absolute Gasteiger partial charge is 0.0957 e. The molecular formula is C19H17NO. The topological polar surface area (TPSA) is 33.1 Å². The van der Waals surface area contributed by atoms with Crippen LogP contribution in [0, 0.1) is 0 Å². The Morgan fingerprint density at radius 2 is 1.76 bits per heavy atom. The van der Waals surface area contributed by atoms with Crippen molar-refractivity contribution in [1.29, 1.82) is 0 Å². The second-order valence-electron chi connectivity index (χ2n) is 5.86. The number of fused-ring (bicyclic) bond motifs is 2. The van der Waals surface area contributed by atoms with Crippen LogP contribution in [-0.4, -0.2) is 10.1 Å². The highest BCUT2D eigenvalue weighted by Crippen LogP contribution is 2.39. The van der Waals surface area contributed by atoms with E-state index in [9.17, 15) is 5.11 Å². The molecule has 1 heterocycles. The van der Waals surface area contributed by atoms with Gasteiger partial charge in [-0.05, 0) is 36.1 Å². The molecule has 4 rings (SSSR count). The first-order valence-corrected chi connectivity index (χ1v) is 7.40. The van der Waals surface area contributed by atoms with Crippen molar-refractivity contribution in [2.24, 2.45) is 0 Å². The number of aromatic nitrogens is 1. The van der Waals surface area contributed by atoms with E-state index in [1.54, 1.807) is 0 Å². The molecule has 0 saturated carbocycles. The van der Waals surface area contributed by atoms with Crippen LogP contribution in [0.3, 0.4) is 0 Å². The fourth-order valence-electron chi connectivity index (χ4n) is 3.36. The lowest BCUT2D eigenvalue weighted by Gasteiger charge is -2.23. The molecular weight excluding hydrogens is 258 g/mol. The van der Waals surface area contributed by atoms with Gasteiger partial charge in [0.1, 0.15) is 0 Å². The Kier molecular flexibility index (Phi) is 2.79. The molecule has 2 nitrogen and oxygen atoms in total. The van der Waals surface area contributed by atoms with E-state index in [1.807, 2.05) is 42.5 Å². The van der Waals surface area contributed by atoms with Crippen LogP contribution in [0.25, 0.3) is 10.9 Å². The average molecular weight is 275 g/mol. The van der Waals surface area contributed by atoms with Gasteiger partial charge in [0, 0.05) is 17.5 Å². The largest absolute Gasteiger partial charge is 0.385 e. The van der Waals surface area contributed by atoms with E-state index < -0.39 is 5.60 Å². The Balaban J connectivity index is 1.71. The van der Waals surface area contributed by atoms with Crippen molar-refractivity contribution >= 4 is 10.9 Å². The Labute approximate surface area is 124 Å². The van der Waals surface area contributed by atoms with Crippen molar-refractivity contribution < 1.29 is 5.11 Å². The molecule has 1 atom stereocenters. The summed E-state index contributed by atoms with van der Waals surface area (Å²) in [6.07, 6.45) is 2.30. The zero-order chi connectivity index (χ0) is 14.3. The second kappa shape index (κ2) is 4.68. The molecule has 0 bridgehead atoms. The fraction of sp³-hybridized carbons (Fsp3) is 0.211. The van der Waals surface area contributed by atoms with Gasteiger partial charge in [0.05, 0.1) is 11.1 Å². The van der Waals surface area contributed by atoms with E-state index in [0.29, 0.717) is 6.42 Å². The number of pyridine rings is 1. The summed E-state index contributed by atoms with van der Waals surface area (Å²) in [5.41, 5.74) is 3.50. The summed E-state index contributed by atoms with van der Waals surface area (Å²) >= 11 is 0. The summed E-state index contributed by atoms with van der Waals surface area (Å²) in [6.45, 7) is 0. The Bertz CT molecular complexity index is 811. The molecule has 0 saturated heterocycles. The molecule has 2 heteroatoms. The predicted molar refractivity (Wildman–Crippen MR) is 84.1 cm³/mol. The Morgan fingerprint density at radius 1 is 0.952 bits per heavy atom. The van der Waals surface area contributed by atoms with Crippen molar-refractivity contribution in [3.63, 3.8) is 0 Å². The summed E-state index contributed by atoms with van der Waals surface area (Å²) in [4.78, 5) is 4.70. The van der Waals surface area contributed by atoms with Gasteiger partial charge in [-0.3, -0.25) is 4.98 Å². The molecule has 0 amide bonds. The summed E-state index contributed by atoms with van der Waals surface area (Å²) in [6, 6.07) is 20.4. The lowest BCUT2D eigenvalue weighted by molar-refractivity contribution is 0.0380. The predicted octanol–water partition coefficient (Wildman–Crippen LogP) is 3.61. The Hall–Kier alpha value is -2.19. The minimum atomic E-state index is -0.772. The van der Waals surface area contributed by atoms with E-state index in [4.69, 9.17) is 4.98 Å². The van der Waals surface area contributed by atoms with Gasteiger partial charge in [0.25, 0.3) is 0 Å². The normalized spacial score (nSPS) is 20.6. The number of rotatable bonds is 2. The maximum atomic E-state index is 11.0. The first kappa shape index (κ1) is 12.5. The van der Waals surface area contributed by atoms with Gasteiger partial charge in [0.15, 0.2) is 0 Å². The number of hydrogen-bond donors (Lipinski definition) is 1. The van der Waals surface area contributed by atoms with Crippen molar-refractivity contribution in [2.45, 2.75) is 24.9 Å². The maximum absolute atomic E-state index is 11.0. The number of benzene rings is 2. The van der Waals surface area contributed by atoms with Crippen LogP contribution >= 0.6 is 0 Å². The molecule has 0 spiro atoms. The summed E-state index contributed by atoms with van der Waals surface area (Å²) in [7, 11) is 0. The standard InChI is InChI=1S/C19H17NO/c21-19(12-11-14-5-1-3-7-17(14)19)13-16-10-9-15-6-2-4-8-18(15)20-16/h1-10,21H,11-13H2. The van der Waals surface area contributed by atoms with Crippen LogP contribution in [0.1, 0.15) is 23.2 Å². The lowest BCUT2D eigenvalue weighted by atomic mass is 9.90. The molecule has 1 unspecified atom stereocenters. The van der Waals surface area contributed by atoms with Crippen LogP contribution in [0.5, 0.6) is 0 Å². The molecule has 1 aromatic heterocycles. The number of aliphatic hydroxyl groups is 1. The van der Waals surface area contributed by atoms with Crippen LogP contribution in [0.2, 0.25) is 0 Å². The Morgan fingerprint density at radius 3 is 2.71 bits per heavy atom. The zero-order valence-electron chi connectivity index (χ0n) is 11.8. The molecule has 0 radical (unpaired) electrons. The highest BCUT2D eigenvalue weighted by molar-refractivity contribution is 5.78. The van der Waals surface area contributed by atoms with E-state index in [2.05, 4.69) is 18.2 Å². The number of para-hydroxylation sites is 1. The van der Waals surface area contributed by atoms with E-state index in [1.165, 1.54) is 5.56 Å². The SMILES string of the molecule is OC1(Cc2ccc3ccccc3n2)CCc2ccccc21. The van der Waals surface area contributed by atoms with Crippen molar-refractivity contribution in [3.8, 4) is 0 Å². The molecule has 21 heavy (non-hydrogen) atoms. The summed E-state index contributed by atoms with van der Waals surface area (Å²) in [5, 5.41) is 12.2. The maximum Gasteiger partial charge on any atom is 0.0957 e. The van der Waals surface area contributed by atoms with Crippen LogP contribution in [0.15, 0.2) is 60.7 Å². The third-order valence-corrected chi connectivity index (χ3v) is 4.46. The molecule has 1 N–H and O–H groups in total. The van der Waals surface area contributed by atoms with Gasteiger partial charge >= 0.3 is 0 Å². The monoisotopic (exact) mass is 275 g/mol. The lowest BCUT2D eigenvalue weighted by Crippen LogP contribution is -2.25. The molecule has 104 valence electrons. The van der Waals surface area contributed by atoms with Gasteiger partial charge in [-0.2, -0.15) is 0 Å².